The molecule has 0 bridgehead atoms. The molecule has 2 aromatic heterocycles. The molecule has 0 amide bonds. The fourth-order valence-electron chi connectivity index (χ4n) is 2.84. The number of imidazole rings is 1. The first-order chi connectivity index (χ1) is 13.6. The molecule has 0 aromatic carbocycles. The van der Waals surface area contributed by atoms with Gasteiger partial charge in [0.15, 0.2) is 17.7 Å². The van der Waals surface area contributed by atoms with Gasteiger partial charge in [-0.05, 0) is 6.92 Å². The Morgan fingerprint density at radius 3 is 2.83 bits per heavy atom. The molecule has 15 heteroatoms. The highest BCUT2D eigenvalue weighted by molar-refractivity contribution is 7.50. The number of rotatable bonds is 7. The molecule has 29 heavy (non-hydrogen) atoms. The van der Waals surface area contributed by atoms with Gasteiger partial charge < -0.3 is 30.3 Å². The van der Waals surface area contributed by atoms with E-state index in [0.29, 0.717) is 5.52 Å². The van der Waals surface area contributed by atoms with Crippen molar-refractivity contribution in [3.05, 3.63) is 12.7 Å². The van der Waals surface area contributed by atoms with Crippen LogP contribution in [0.4, 0.5) is 5.82 Å². The molecule has 3 rings (SSSR count). The highest BCUT2D eigenvalue weighted by Gasteiger charge is 2.45. The van der Waals surface area contributed by atoms with Gasteiger partial charge in [-0.3, -0.25) is 13.9 Å². The highest BCUT2D eigenvalue weighted by atomic mass is 31.2. The van der Waals surface area contributed by atoms with Crippen LogP contribution in [0.2, 0.25) is 0 Å². The number of methoxy groups -OCH3 is 1. The minimum absolute atomic E-state index is 0.133. The number of aromatic nitrogens is 4. The number of carbonyl (C=O) groups is 1. The van der Waals surface area contributed by atoms with Gasteiger partial charge in [0.1, 0.15) is 36.2 Å². The molecule has 0 aliphatic carbocycles. The number of carbonyl (C=O) groups excluding carboxylic acids is 1. The van der Waals surface area contributed by atoms with Crippen molar-refractivity contribution >= 4 is 30.7 Å². The van der Waals surface area contributed by atoms with Gasteiger partial charge in [-0.25, -0.2) is 24.6 Å². The second kappa shape index (κ2) is 8.28. The van der Waals surface area contributed by atoms with Crippen LogP contribution in [0.1, 0.15) is 13.2 Å². The first kappa shape index (κ1) is 21.5. The summed E-state index contributed by atoms with van der Waals surface area (Å²) >= 11 is 0. The number of hydrogen-bond acceptors (Lipinski definition) is 11. The Morgan fingerprint density at radius 2 is 2.14 bits per heavy atom. The topological polar surface area (TPSA) is 204 Å². The van der Waals surface area contributed by atoms with E-state index in [4.69, 9.17) is 15.0 Å². The predicted octanol–water partition coefficient (Wildman–Crippen LogP) is -1.70. The summed E-state index contributed by atoms with van der Waals surface area (Å²) in [6.45, 7) is 0.767. The Kier molecular flexibility index (Phi) is 6.14. The summed E-state index contributed by atoms with van der Waals surface area (Å²) in [4.78, 5) is 33.1. The summed E-state index contributed by atoms with van der Waals surface area (Å²) < 4.78 is 28.4. The summed E-state index contributed by atoms with van der Waals surface area (Å²) in [7, 11) is -3.29. The monoisotopic (exact) mass is 432 g/mol. The van der Waals surface area contributed by atoms with E-state index in [0.717, 1.165) is 7.11 Å². The molecule has 14 nitrogen and oxygen atoms in total. The summed E-state index contributed by atoms with van der Waals surface area (Å²) in [6.07, 6.45) is -2.56. The number of hydrogen-bond donors (Lipinski definition) is 5. The van der Waals surface area contributed by atoms with E-state index in [2.05, 4.69) is 24.8 Å². The van der Waals surface area contributed by atoms with Gasteiger partial charge in [0.05, 0.1) is 20.0 Å². The van der Waals surface area contributed by atoms with Crippen LogP contribution in [0.5, 0.6) is 0 Å². The lowest BCUT2D eigenvalue weighted by atomic mass is 10.1. The zero-order valence-corrected chi connectivity index (χ0v) is 16.3. The smallest absolute Gasteiger partial charge is 0.403 e. The molecule has 0 radical (unpaired) electrons. The first-order valence-electron chi connectivity index (χ1n) is 8.42. The molecule has 0 saturated carbocycles. The van der Waals surface area contributed by atoms with Crippen LogP contribution in [0.15, 0.2) is 12.7 Å². The average molecular weight is 432 g/mol. The number of ether oxygens (including phenoxy) is 2. The van der Waals surface area contributed by atoms with Gasteiger partial charge in [0.25, 0.3) is 0 Å². The van der Waals surface area contributed by atoms with Gasteiger partial charge in [0.2, 0.25) is 0 Å². The molecule has 3 heterocycles. The number of aliphatic hydroxyl groups is 2. The number of nitrogens with two attached hydrogens (primary N) is 1. The van der Waals surface area contributed by atoms with E-state index < -0.39 is 50.9 Å². The first-order valence-corrected chi connectivity index (χ1v) is 10.00. The molecule has 6 N–H and O–H groups in total. The van der Waals surface area contributed by atoms with Crippen molar-refractivity contribution in [2.75, 3.05) is 19.5 Å². The summed E-state index contributed by atoms with van der Waals surface area (Å²) in [5, 5.41) is 22.7. The molecule has 1 aliphatic heterocycles. The van der Waals surface area contributed by atoms with Crippen LogP contribution in [-0.4, -0.2) is 78.7 Å². The molecule has 1 saturated heterocycles. The summed E-state index contributed by atoms with van der Waals surface area (Å²) in [5.74, 6) is -0.627. The molecular weight excluding hydrogens is 411 g/mol. The lowest BCUT2D eigenvalue weighted by Gasteiger charge is -2.20. The molecule has 1 unspecified atom stereocenters. The molecular formula is C14H21N6O8P. The van der Waals surface area contributed by atoms with Crippen LogP contribution in [0.25, 0.3) is 11.2 Å². The minimum Gasteiger partial charge on any atom is -0.468 e. The SMILES string of the molecule is COC(=O)[C@H](C)NP(=O)(O)OC[C@H]1O[C@@H](n2cnc3c(N)ncnc32)[C@H](O)[C@@H]1O. The van der Waals surface area contributed by atoms with Crippen molar-refractivity contribution in [2.24, 2.45) is 0 Å². The van der Waals surface area contributed by atoms with Crippen molar-refractivity contribution in [3.8, 4) is 0 Å². The number of nitrogen functional groups attached to an aromatic ring is 1. The predicted molar refractivity (Wildman–Crippen MR) is 96.1 cm³/mol. The third-order valence-corrected chi connectivity index (χ3v) is 5.54. The number of aliphatic hydroxyl groups excluding tert-OH is 2. The van der Waals surface area contributed by atoms with Crippen molar-refractivity contribution in [3.63, 3.8) is 0 Å². The van der Waals surface area contributed by atoms with Crippen LogP contribution < -0.4 is 10.8 Å². The Hall–Kier alpha value is -2.19. The zero-order valence-electron chi connectivity index (χ0n) is 15.4. The number of esters is 1. The van der Waals surface area contributed by atoms with Gasteiger partial charge in [-0.15, -0.1) is 0 Å². The lowest BCUT2D eigenvalue weighted by molar-refractivity contribution is -0.142. The largest absolute Gasteiger partial charge is 0.468 e. The zero-order chi connectivity index (χ0) is 21.3. The Bertz CT molecular complexity index is 940. The van der Waals surface area contributed by atoms with Crippen LogP contribution in [0.3, 0.4) is 0 Å². The normalized spacial score (nSPS) is 27.6. The van der Waals surface area contributed by atoms with Crippen molar-refractivity contribution in [1.82, 2.24) is 24.6 Å². The van der Waals surface area contributed by atoms with Crippen molar-refractivity contribution in [2.45, 2.75) is 37.5 Å². The maximum Gasteiger partial charge on any atom is 0.403 e. The molecule has 160 valence electrons. The fourth-order valence-corrected chi connectivity index (χ4v) is 3.86. The van der Waals surface area contributed by atoms with E-state index in [9.17, 15) is 24.5 Å². The number of anilines is 1. The highest BCUT2D eigenvalue weighted by Crippen LogP contribution is 2.40. The summed E-state index contributed by atoms with van der Waals surface area (Å²) in [6, 6.07) is -1.11. The van der Waals surface area contributed by atoms with Gasteiger partial charge >= 0.3 is 13.7 Å². The maximum absolute atomic E-state index is 12.1. The number of nitrogens with zero attached hydrogens (tertiary/aromatic N) is 4. The third-order valence-electron chi connectivity index (χ3n) is 4.32. The number of nitrogens with one attached hydrogen (secondary N) is 1. The Balaban J connectivity index is 1.69. The van der Waals surface area contributed by atoms with Crippen LogP contribution in [-0.2, 0) is 23.4 Å². The lowest BCUT2D eigenvalue weighted by Crippen LogP contribution is -2.36. The third kappa shape index (κ3) is 4.38. The Morgan fingerprint density at radius 1 is 1.41 bits per heavy atom. The molecule has 1 aliphatic rings. The molecule has 2 aromatic rings. The minimum atomic E-state index is -4.42. The van der Waals surface area contributed by atoms with E-state index in [1.807, 2.05) is 0 Å². The second-order valence-corrected chi connectivity index (χ2v) is 7.88. The summed E-state index contributed by atoms with van der Waals surface area (Å²) in [5.41, 5.74) is 6.29. The van der Waals surface area contributed by atoms with E-state index in [-0.39, 0.29) is 11.5 Å². The maximum atomic E-state index is 12.1. The van der Waals surface area contributed by atoms with Crippen LogP contribution in [0, 0.1) is 0 Å². The van der Waals surface area contributed by atoms with Gasteiger partial charge in [-0.1, -0.05) is 0 Å². The van der Waals surface area contributed by atoms with Crippen molar-refractivity contribution in [1.29, 1.82) is 0 Å². The van der Waals surface area contributed by atoms with Gasteiger partial charge in [-0.2, -0.15) is 0 Å². The van der Waals surface area contributed by atoms with E-state index in [1.54, 1.807) is 0 Å². The fraction of sp³-hybridized carbons (Fsp3) is 0.571. The second-order valence-electron chi connectivity index (χ2n) is 6.32. The quantitative estimate of drug-likeness (QED) is 0.245. The molecule has 0 spiro atoms. The van der Waals surface area contributed by atoms with E-state index in [1.165, 1.54) is 24.1 Å². The van der Waals surface area contributed by atoms with Crippen LogP contribution >= 0.6 is 7.75 Å². The molecule has 6 atom stereocenters. The van der Waals surface area contributed by atoms with Crippen molar-refractivity contribution < 1.29 is 38.5 Å². The number of fused-ring (bicyclic) bond motifs is 1. The van der Waals surface area contributed by atoms with Gasteiger partial charge in [0, 0.05) is 0 Å². The standard InChI is InChI=1S/C14H21N6O8P/c1-6(14(23)26-2)19-29(24,25)27-3-7-9(21)10(22)13(28-7)20-5-18-8-11(15)16-4-17-12(8)20/h4-7,9-10,13,21-22H,3H2,1-2H3,(H2,15,16,17)(H2,19,24,25)/t6-,7+,9+,10+,13+/m0/s1. The molecule has 1 fully saturated rings. The van der Waals surface area contributed by atoms with E-state index >= 15 is 0 Å². The average Bonchev–Trinajstić information content (AvgIpc) is 3.22. The Labute approximate surface area is 164 Å².